The molecule has 0 amide bonds. The molecule has 0 fully saturated rings. The minimum Gasteiger partial charge on any atom is -0.296 e. The molecule has 52 valence electrons. The van der Waals surface area contributed by atoms with E-state index in [-0.39, 0.29) is 0 Å². The summed E-state index contributed by atoms with van der Waals surface area (Å²) in [5.74, 6) is -0.683. The lowest BCUT2D eigenvalue weighted by Gasteiger charge is -1.92. The molecule has 0 rings (SSSR count). The first-order valence-corrected chi connectivity index (χ1v) is 2.74. The Labute approximate surface area is 53.9 Å². The van der Waals surface area contributed by atoms with E-state index >= 15 is 0 Å². The lowest BCUT2D eigenvalue weighted by molar-refractivity contribution is -0.229. The highest BCUT2D eigenvalue weighted by Gasteiger charge is 2.01. The van der Waals surface area contributed by atoms with Crippen LogP contribution in [0.15, 0.2) is 11.6 Å². The Morgan fingerprint density at radius 3 is 2.67 bits per heavy atom. The fourth-order valence-corrected chi connectivity index (χ4v) is 0.462. The Kier molecular flexibility index (Phi) is 3.71. The fraction of sp³-hybridized carbons (Fsp3) is 0.500. The third kappa shape index (κ3) is 2.87. The van der Waals surface area contributed by atoms with Crippen LogP contribution in [0.1, 0.15) is 20.3 Å². The Bertz CT molecular complexity index is 126. The van der Waals surface area contributed by atoms with Gasteiger partial charge in [-0.1, -0.05) is 13.0 Å². The maximum atomic E-state index is 10.4. The van der Waals surface area contributed by atoms with Gasteiger partial charge < -0.3 is 0 Å². The summed E-state index contributed by atoms with van der Waals surface area (Å²) in [7, 11) is 0. The van der Waals surface area contributed by atoms with Crippen molar-refractivity contribution in [2.45, 2.75) is 20.3 Å². The molecule has 0 aromatic carbocycles. The van der Waals surface area contributed by atoms with E-state index in [1.807, 2.05) is 6.92 Å². The molecule has 0 aliphatic carbocycles. The van der Waals surface area contributed by atoms with Crippen molar-refractivity contribution in [3.63, 3.8) is 0 Å². The Balaban J connectivity index is 3.86. The molecular formula is C6H10O3. The maximum absolute atomic E-state index is 10.4. The summed E-state index contributed by atoms with van der Waals surface area (Å²) in [5, 5.41) is 7.84. The van der Waals surface area contributed by atoms with Crippen molar-refractivity contribution in [3.05, 3.63) is 11.6 Å². The molecule has 0 radical (unpaired) electrons. The molecule has 0 spiro atoms. The second-order valence-electron chi connectivity index (χ2n) is 1.67. The maximum Gasteiger partial charge on any atom is 0.368 e. The lowest BCUT2D eigenvalue weighted by Crippen LogP contribution is -2.01. The summed E-state index contributed by atoms with van der Waals surface area (Å²) in [6, 6.07) is 0. The van der Waals surface area contributed by atoms with Gasteiger partial charge in [-0.05, 0) is 13.3 Å². The van der Waals surface area contributed by atoms with E-state index in [9.17, 15) is 4.79 Å². The van der Waals surface area contributed by atoms with E-state index in [1.165, 1.54) is 0 Å². The van der Waals surface area contributed by atoms with E-state index in [4.69, 9.17) is 5.26 Å². The van der Waals surface area contributed by atoms with Crippen molar-refractivity contribution < 1.29 is 14.9 Å². The highest BCUT2D eigenvalue weighted by Crippen LogP contribution is 1.95. The second kappa shape index (κ2) is 4.09. The van der Waals surface area contributed by atoms with E-state index in [0.717, 1.165) is 6.42 Å². The van der Waals surface area contributed by atoms with Crippen LogP contribution < -0.4 is 0 Å². The monoisotopic (exact) mass is 130 g/mol. The topological polar surface area (TPSA) is 46.5 Å². The molecule has 0 atom stereocenters. The molecule has 0 saturated carbocycles. The number of allylic oxidation sites excluding steroid dienone is 1. The quantitative estimate of drug-likeness (QED) is 0.348. The predicted molar refractivity (Wildman–Crippen MR) is 32.8 cm³/mol. The third-order valence-electron chi connectivity index (χ3n) is 0.915. The highest BCUT2D eigenvalue weighted by atomic mass is 17.1. The number of hydrogen-bond acceptors (Lipinski definition) is 3. The van der Waals surface area contributed by atoms with Crippen molar-refractivity contribution in [2.75, 3.05) is 0 Å². The third-order valence-corrected chi connectivity index (χ3v) is 0.915. The van der Waals surface area contributed by atoms with Gasteiger partial charge in [0.05, 0.1) is 0 Å². The van der Waals surface area contributed by atoms with Crippen molar-refractivity contribution >= 4 is 5.97 Å². The van der Waals surface area contributed by atoms with Gasteiger partial charge in [0.1, 0.15) is 0 Å². The first kappa shape index (κ1) is 8.17. The van der Waals surface area contributed by atoms with Gasteiger partial charge in [-0.2, -0.15) is 5.26 Å². The standard InChI is InChI=1S/C6H10O3/c1-3-4-5(2)6(7)9-8/h4,8H,3H2,1-2H3/b5-4-. The van der Waals surface area contributed by atoms with E-state index in [2.05, 4.69) is 4.89 Å². The minimum atomic E-state index is -0.683. The Morgan fingerprint density at radius 1 is 1.78 bits per heavy atom. The SMILES string of the molecule is CC/C=C(/C)C(=O)OO. The lowest BCUT2D eigenvalue weighted by atomic mass is 10.2. The van der Waals surface area contributed by atoms with Crippen LogP contribution in [0.3, 0.4) is 0 Å². The smallest absolute Gasteiger partial charge is 0.296 e. The summed E-state index contributed by atoms with van der Waals surface area (Å²) < 4.78 is 0. The van der Waals surface area contributed by atoms with Gasteiger partial charge in [0.15, 0.2) is 0 Å². The van der Waals surface area contributed by atoms with Crippen LogP contribution in [0, 0.1) is 0 Å². The molecule has 0 aliphatic heterocycles. The zero-order valence-corrected chi connectivity index (χ0v) is 5.55. The van der Waals surface area contributed by atoms with Crippen LogP contribution in [0.5, 0.6) is 0 Å². The second-order valence-corrected chi connectivity index (χ2v) is 1.67. The number of carbonyl (C=O) groups is 1. The van der Waals surface area contributed by atoms with Gasteiger partial charge in [-0.3, -0.25) is 4.89 Å². The average molecular weight is 130 g/mol. The fourth-order valence-electron chi connectivity index (χ4n) is 0.462. The molecule has 0 aromatic rings. The summed E-state index contributed by atoms with van der Waals surface area (Å²) in [6.07, 6.45) is 2.44. The molecule has 0 heterocycles. The first-order chi connectivity index (χ1) is 4.22. The first-order valence-electron chi connectivity index (χ1n) is 2.74. The van der Waals surface area contributed by atoms with E-state index in [1.54, 1.807) is 13.0 Å². The summed E-state index contributed by atoms with van der Waals surface area (Å²) in [4.78, 5) is 13.8. The van der Waals surface area contributed by atoms with E-state index in [0.29, 0.717) is 5.57 Å². The Morgan fingerprint density at radius 2 is 2.33 bits per heavy atom. The molecule has 0 unspecified atom stereocenters. The van der Waals surface area contributed by atoms with E-state index < -0.39 is 5.97 Å². The summed E-state index contributed by atoms with van der Waals surface area (Å²) >= 11 is 0. The van der Waals surface area contributed by atoms with Crippen LogP contribution in [-0.4, -0.2) is 11.2 Å². The average Bonchev–Trinajstić information content (AvgIpc) is 1.87. The molecule has 3 nitrogen and oxygen atoms in total. The highest BCUT2D eigenvalue weighted by molar-refractivity contribution is 5.87. The van der Waals surface area contributed by atoms with Crippen LogP contribution in [0.25, 0.3) is 0 Å². The van der Waals surface area contributed by atoms with Crippen LogP contribution >= 0.6 is 0 Å². The Hall–Kier alpha value is -0.830. The van der Waals surface area contributed by atoms with Gasteiger partial charge in [0.2, 0.25) is 0 Å². The molecule has 0 aliphatic rings. The predicted octanol–water partition coefficient (Wildman–Crippen LogP) is 1.36. The van der Waals surface area contributed by atoms with Gasteiger partial charge in [-0.15, -0.1) is 0 Å². The van der Waals surface area contributed by atoms with Crippen molar-refractivity contribution in [2.24, 2.45) is 0 Å². The molecule has 0 bridgehead atoms. The van der Waals surface area contributed by atoms with Crippen LogP contribution in [0.2, 0.25) is 0 Å². The molecule has 0 aromatic heterocycles. The zero-order chi connectivity index (χ0) is 7.28. The number of hydrogen-bond donors (Lipinski definition) is 1. The zero-order valence-electron chi connectivity index (χ0n) is 5.55. The normalized spacial score (nSPS) is 11.2. The minimum absolute atomic E-state index is 0.431. The van der Waals surface area contributed by atoms with Crippen molar-refractivity contribution in [1.82, 2.24) is 0 Å². The summed E-state index contributed by atoms with van der Waals surface area (Å²) in [5.41, 5.74) is 0.431. The molecule has 3 heteroatoms. The molecule has 9 heavy (non-hydrogen) atoms. The number of carbonyl (C=O) groups excluding carboxylic acids is 1. The van der Waals surface area contributed by atoms with Crippen molar-refractivity contribution in [3.8, 4) is 0 Å². The van der Waals surface area contributed by atoms with Gasteiger partial charge >= 0.3 is 5.97 Å². The van der Waals surface area contributed by atoms with Crippen molar-refractivity contribution in [1.29, 1.82) is 0 Å². The molecule has 0 saturated heterocycles. The van der Waals surface area contributed by atoms with Crippen LogP contribution in [-0.2, 0) is 9.68 Å². The van der Waals surface area contributed by atoms with Crippen LogP contribution in [0.4, 0.5) is 0 Å². The van der Waals surface area contributed by atoms with Gasteiger partial charge in [-0.25, -0.2) is 4.79 Å². The summed E-state index contributed by atoms with van der Waals surface area (Å²) in [6.45, 7) is 3.48. The molecule has 1 N–H and O–H groups in total. The van der Waals surface area contributed by atoms with Gasteiger partial charge in [0, 0.05) is 5.57 Å². The largest absolute Gasteiger partial charge is 0.368 e. The molecular weight excluding hydrogens is 120 g/mol. The van der Waals surface area contributed by atoms with Gasteiger partial charge in [0.25, 0.3) is 0 Å². The number of rotatable bonds is 2.